The molecule has 7 nitrogen and oxygen atoms in total. The van der Waals surface area contributed by atoms with E-state index < -0.39 is 27.6 Å². The van der Waals surface area contributed by atoms with Crippen LogP contribution in [0.3, 0.4) is 0 Å². The molecule has 0 saturated heterocycles. The second kappa shape index (κ2) is 9.97. The SMILES string of the molecule is CCOC(=O)C(CP=O)(OCC)C(COS(C)(=O)=O)c1ccccc1. The lowest BCUT2D eigenvalue weighted by Crippen LogP contribution is -2.51. The van der Waals surface area contributed by atoms with E-state index in [4.69, 9.17) is 13.7 Å². The molecule has 25 heavy (non-hydrogen) atoms. The Labute approximate surface area is 150 Å². The van der Waals surface area contributed by atoms with Gasteiger partial charge in [-0.15, -0.1) is 0 Å². The number of carbonyl (C=O) groups excluding carboxylic acids is 1. The molecule has 9 heteroatoms. The second-order valence-corrected chi connectivity index (χ2v) is 7.50. The smallest absolute Gasteiger partial charge is 0.339 e. The highest BCUT2D eigenvalue weighted by molar-refractivity contribution is 7.85. The Morgan fingerprint density at radius 2 is 1.84 bits per heavy atom. The van der Waals surface area contributed by atoms with Crippen LogP contribution < -0.4 is 0 Å². The number of ether oxygens (including phenoxy) is 2. The van der Waals surface area contributed by atoms with Crippen LogP contribution in [0.4, 0.5) is 0 Å². The predicted molar refractivity (Wildman–Crippen MR) is 93.4 cm³/mol. The first-order valence-corrected chi connectivity index (χ1v) is 10.6. The largest absolute Gasteiger partial charge is 0.464 e. The maximum absolute atomic E-state index is 12.7. The molecule has 0 bridgehead atoms. The molecule has 0 N–H and O–H groups in total. The summed E-state index contributed by atoms with van der Waals surface area (Å²) in [7, 11) is -4.07. The summed E-state index contributed by atoms with van der Waals surface area (Å²) in [6.45, 7) is 3.26. The first kappa shape index (κ1) is 21.7. The third-order valence-corrected chi connectivity index (χ3v) is 4.70. The fourth-order valence-electron chi connectivity index (χ4n) is 2.51. The zero-order valence-electron chi connectivity index (χ0n) is 14.5. The standard InChI is InChI=1S/C16H23O7PS/c1-4-21-15(17)16(12-24-18,22-5-2)14(11-23-25(3,19)20)13-9-7-6-8-10-13/h6-10,14H,4-5,11-12H2,1-3H3. The number of carbonyl (C=O) groups is 1. The van der Waals surface area contributed by atoms with Crippen molar-refractivity contribution in [1.82, 2.24) is 0 Å². The third kappa shape index (κ3) is 6.15. The summed E-state index contributed by atoms with van der Waals surface area (Å²) < 4.78 is 50.1. The minimum Gasteiger partial charge on any atom is -0.464 e. The molecule has 0 amide bonds. The van der Waals surface area contributed by atoms with E-state index in [0.29, 0.717) is 5.56 Å². The molecule has 1 rings (SSSR count). The van der Waals surface area contributed by atoms with Crippen molar-refractivity contribution in [2.45, 2.75) is 25.4 Å². The van der Waals surface area contributed by atoms with Gasteiger partial charge in [0.05, 0.1) is 25.6 Å². The van der Waals surface area contributed by atoms with Gasteiger partial charge in [-0.1, -0.05) is 30.3 Å². The zero-order valence-corrected chi connectivity index (χ0v) is 16.2. The van der Waals surface area contributed by atoms with Crippen LogP contribution in [0.25, 0.3) is 0 Å². The lowest BCUT2D eigenvalue weighted by molar-refractivity contribution is -0.173. The molecule has 2 unspecified atom stereocenters. The van der Waals surface area contributed by atoms with Crippen LogP contribution in [0.15, 0.2) is 30.3 Å². The molecular weight excluding hydrogens is 367 g/mol. The highest BCUT2D eigenvalue weighted by atomic mass is 32.2. The van der Waals surface area contributed by atoms with Crippen LogP contribution in [0.2, 0.25) is 0 Å². The van der Waals surface area contributed by atoms with Gasteiger partial charge in [-0.3, -0.25) is 8.75 Å². The summed E-state index contributed by atoms with van der Waals surface area (Å²) in [5.41, 5.74) is -1.00. The van der Waals surface area contributed by atoms with E-state index >= 15 is 0 Å². The number of hydrogen-bond donors (Lipinski definition) is 0. The Bertz CT molecular complexity index is 662. The van der Waals surface area contributed by atoms with Crippen LogP contribution in [0.1, 0.15) is 25.3 Å². The molecule has 2 atom stereocenters. The van der Waals surface area contributed by atoms with Crippen LogP contribution in [-0.2, 0) is 33.1 Å². The Morgan fingerprint density at radius 3 is 2.32 bits per heavy atom. The molecule has 1 aromatic rings. The molecule has 140 valence electrons. The van der Waals surface area contributed by atoms with Crippen LogP contribution in [0, 0.1) is 0 Å². The molecular formula is C16H23O7PS. The number of benzene rings is 1. The average Bonchev–Trinajstić information content (AvgIpc) is 2.55. The van der Waals surface area contributed by atoms with Crippen LogP contribution in [0.5, 0.6) is 0 Å². The molecule has 1 aromatic carbocycles. The van der Waals surface area contributed by atoms with Crippen molar-refractivity contribution in [2.75, 3.05) is 32.2 Å². The summed E-state index contributed by atoms with van der Waals surface area (Å²) in [6.07, 6.45) is 0.736. The normalized spacial score (nSPS) is 15.5. The summed E-state index contributed by atoms with van der Waals surface area (Å²) in [6, 6.07) is 8.74. The summed E-state index contributed by atoms with van der Waals surface area (Å²) in [4.78, 5) is 12.7. The number of esters is 1. The molecule has 0 saturated carbocycles. The Kier molecular flexibility index (Phi) is 8.65. The van der Waals surface area contributed by atoms with Crippen molar-refractivity contribution in [1.29, 1.82) is 0 Å². The first-order chi connectivity index (χ1) is 11.8. The van der Waals surface area contributed by atoms with Crippen molar-refractivity contribution in [3.05, 3.63) is 35.9 Å². The van der Waals surface area contributed by atoms with Gasteiger partial charge in [0, 0.05) is 12.5 Å². The van der Waals surface area contributed by atoms with Crippen molar-refractivity contribution in [3.63, 3.8) is 0 Å². The van der Waals surface area contributed by atoms with E-state index in [2.05, 4.69) is 0 Å². The molecule has 0 heterocycles. The van der Waals surface area contributed by atoms with E-state index in [-0.39, 0.29) is 34.4 Å². The van der Waals surface area contributed by atoms with Crippen molar-refractivity contribution >= 4 is 24.5 Å². The lowest BCUT2D eigenvalue weighted by atomic mass is 9.83. The molecule has 0 aromatic heterocycles. The Hall–Kier alpha value is -1.34. The third-order valence-electron chi connectivity index (χ3n) is 3.54. The minimum absolute atomic E-state index is 0.109. The lowest BCUT2D eigenvalue weighted by Gasteiger charge is -2.36. The van der Waals surface area contributed by atoms with Crippen molar-refractivity contribution < 1.29 is 31.4 Å². The van der Waals surface area contributed by atoms with Crippen LogP contribution >= 0.6 is 8.46 Å². The molecule has 0 fully saturated rings. The van der Waals surface area contributed by atoms with Gasteiger partial charge >= 0.3 is 5.97 Å². The molecule has 0 spiro atoms. The van der Waals surface area contributed by atoms with Crippen molar-refractivity contribution in [2.24, 2.45) is 0 Å². The summed E-state index contributed by atoms with van der Waals surface area (Å²) in [5.74, 6) is -1.52. The topological polar surface area (TPSA) is 96.0 Å². The molecule has 0 radical (unpaired) electrons. The van der Waals surface area contributed by atoms with E-state index in [9.17, 15) is 17.8 Å². The van der Waals surface area contributed by atoms with Gasteiger partial charge in [-0.25, -0.2) is 4.79 Å². The maximum atomic E-state index is 12.7. The van der Waals surface area contributed by atoms with Gasteiger partial charge in [0.25, 0.3) is 10.1 Å². The summed E-state index contributed by atoms with van der Waals surface area (Å²) >= 11 is 0. The molecule has 0 aliphatic heterocycles. The van der Waals surface area contributed by atoms with E-state index in [0.717, 1.165) is 6.26 Å². The van der Waals surface area contributed by atoms with E-state index in [1.807, 2.05) is 0 Å². The predicted octanol–water partition coefficient (Wildman–Crippen LogP) is 2.38. The number of hydrogen-bond acceptors (Lipinski definition) is 7. The van der Waals surface area contributed by atoms with Crippen LogP contribution in [-0.4, -0.2) is 52.2 Å². The summed E-state index contributed by atoms with van der Waals surface area (Å²) in [5, 5.41) is 0. The van der Waals surface area contributed by atoms with Crippen molar-refractivity contribution in [3.8, 4) is 0 Å². The molecule has 0 aliphatic carbocycles. The van der Waals surface area contributed by atoms with Gasteiger partial charge in [0.2, 0.25) is 0 Å². The Balaban J connectivity index is 3.43. The van der Waals surface area contributed by atoms with E-state index in [1.165, 1.54) is 0 Å². The fraction of sp³-hybridized carbons (Fsp3) is 0.562. The molecule has 0 aliphatic rings. The monoisotopic (exact) mass is 390 g/mol. The van der Waals surface area contributed by atoms with Gasteiger partial charge < -0.3 is 9.47 Å². The zero-order chi connectivity index (χ0) is 18.9. The minimum atomic E-state index is -3.74. The first-order valence-electron chi connectivity index (χ1n) is 7.80. The maximum Gasteiger partial charge on any atom is 0.339 e. The van der Waals surface area contributed by atoms with Gasteiger partial charge in [0.1, 0.15) is 0 Å². The highest BCUT2D eigenvalue weighted by Crippen LogP contribution is 2.36. The quantitative estimate of drug-likeness (QED) is 0.325. The second-order valence-electron chi connectivity index (χ2n) is 5.28. The van der Waals surface area contributed by atoms with Gasteiger partial charge in [0.15, 0.2) is 14.1 Å². The van der Waals surface area contributed by atoms with E-state index in [1.54, 1.807) is 44.2 Å². The van der Waals surface area contributed by atoms with Gasteiger partial charge in [-0.05, 0) is 19.4 Å². The highest BCUT2D eigenvalue weighted by Gasteiger charge is 2.49. The average molecular weight is 390 g/mol. The van der Waals surface area contributed by atoms with Gasteiger partial charge in [-0.2, -0.15) is 8.42 Å². The fourth-order valence-corrected chi connectivity index (χ4v) is 3.52. The number of rotatable bonds is 11. The Morgan fingerprint density at radius 1 is 1.20 bits per heavy atom.